The molecule has 8 N–H and O–H groups in total. The Morgan fingerprint density at radius 1 is 1.24 bits per heavy atom. The smallest absolute Gasteiger partial charge is 0.251 e. The number of amidine groups is 1. The van der Waals surface area contributed by atoms with Crippen molar-refractivity contribution in [3.8, 4) is 0 Å². The SMILES string of the molecule is N=C(N)c1cc(C(=O)NCc2ccnc(N)c2)ccc1N. The standard InChI is InChI=1S/C14H16N6O/c15-11-2-1-9(6-10(11)13(17)18)14(21)20-7-8-3-4-19-12(16)5-8/h1-6H,7,15H2,(H2,16,19)(H3,17,18)(H,20,21). The van der Waals surface area contributed by atoms with Gasteiger partial charge in [0.25, 0.3) is 5.91 Å². The van der Waals surface area contributed by atoms with Gasteiger partial charge in [0, 0.05) is 29.6 Å². The van der Waals surface area contributed by atoms with Crippen molar-refractivity contribution in [1.82, 2.24) is 10.3 Å². The first-order valence-corrected chi connectivity index (χ1v) is 6.20. The lowest BCUT2D eigenvalue weighted by molar-refractivity contribution is 0.0951. The molecule has 21 heavy (non-hydrogen) atoms. The average molecular weight is 284 g/mol. The fraction of sp³-hybridized carbons (Fsp3) is 0.0714. The Morgan fingerprint density at radius 2 is 2.00 bits per heavy atom. The van der Waals surface area contributed by atoms with Crippen molar-refractivity contribution < 1.29 is 4.79 Å². The molecule has 1 aromatic carbocycles. The Labute approximate surface area is 121 Å². The number of carbonyl (C=O) groups excluding carboxylic acids is 1. The minimum atomic E-state index is -0.284. The second-order valence-electron chi connectivity index (χ2n) is 4.49. The van der Waals surface area contributed by atoms with Gasteiger partial charge in [-0.3, -0.25) is 10.2 Å². The molecule has 0 bridgehead atoms. The van der Waals surface area contributed by atoms with E-state index in [1.165, 1.54) is 6.07 Å². The van der Waals surface area contributed by atoms with Crippen LogP contribution in [0, 0.1) is 5.41 Å². The van der Waals surface area contributed by atoms with E-state index in [1.54, 1.807) is 30.5 Å². The largest absolute Gasteiger partial charge is 0.398 e. The van der Waals surface area contributed by atoms with Crippen LogP contribution in [-0.2, 0) is 6.54 Å². The van der Waals surface area contributed by atoms with E-state index in [2.05, 4.69) is 10.3 Å². The molecule has 1 aromatic heterocycles. The molecule has 0 saturated carbocycles. The van der Waals surface area contributed by atoms with Gasteiger partial charge in [-0.2, -0.15) is 0 Å². The van der Waals surface area contributed by atoms with Gasteiger partial charge in [0.1, 0.15) is 11.7 Å². The summed E-state index contributed by atoms with van der Waals surface area (Å²) in [6, 6.07) is 8.08. The highest BCUT2D eigenvalue weighted by atomic mass is 16.1. The van der Waals surface area contributed by atoms with E-state index in [0.717, 1.165) is 5.56 Å². The van der Waals surface area contributed by atoms with Crippen LogP contribution in [0.25, 0.3) is 0 Å². The summed E-state index contributed by atoms with van der Waals surface area (Å²) < 4.78 is 0. The molecule has 7 heteroatoms. The summed E-state index contributed by atoms with van der Waals surface area (Å²) in [6.07, 6.45) is 1.58. The van der Waals surface area contributed by atoms with Crippen LogP contribution in [0.5, 0.6) is 0 Å². The van der Waals surface area contributed by atoms with E-state index in [0.29, 0.717) is 29.2 Å². The lowest BCUT2D eigenvalue weighted by Crippen LogP contribution is -2.24. The highest BCUT2D eigenvalue weighted by Gasteiger charge is 2.10. The number of hydrogen-bond acceptors (Lipinski definition) is 5. The van der Waals surface area contributed by atoms with Crippen LogP contribution in [0.4, 0.5) is 11.5 Å². The monoisotopic (exact) mass is 284 g/mol. The molecular formula is C14H16N6O. The number of nitrogens with two attached hydrogens (primary N) is 3. The lowest BCUT2D eigenvalue weighted by Gasteiger charge is -2.09. The molecule has 0 radical (unpaired) electrons. The van der Waals surface area contributed by atoms with Crippen molar-refractivity contribution in [3.05, 3.63) is 53.2 Å². The molecule has 1 heterocycles. The first-order chi connectivity index (χ1) is 9.97. The summed E-state index contributed by atoms with van der Waals surface area (Å²) in [5, 5.41) is 10.2. The van der Waals surface area contributed by atoms with Crippen LogP contribution in [0.15, 0.2) is 36.5 Å². The molecule has 0 aliphatic rings. The van der Waals surface area contributed by atoms with E-state index < -0.39 is 0 Å². The molecule has 2 aromatic rings. The number of anilines is 2. The van der Waals surface area contributed by atoms with Crippen molar-refractivity contribution in [1.29, 1.82) is 5.41 Å². The molecular weight excluding hydrogens is 268 g/mol. The predicted octanol–water partition coefficient (Wildman–Crippen LogP) is 0.460. The molecule has 1 amide bonds. The van der Waals surface area contributed by atoms with Crippen LogP contribution >= 0.6 is 0 Å². The number of aromatic nitrogens is 1. The number of pyridine rings is 1. The Bertz CT molecular complexity index is 698. The zero-order valence-corrected chi connectivity index (χ0v) is 11.3. The highest BCUT2D eigenvalue weighted by Crippen LogP contribution is 2.13. The lowest BCUT2D eigenvalue weighted by atomic mass is 10.1. The molecule has 0 aliphatic carbocycles. The van der Waals surface area contributed by atoms with Gasteiger partial charge in [-0.15, -0.1) is 0 Å². The number of hydrogen-bond donors (Lipinski definition) is 5. The van der Waals surface area contributed by atoms with Crippen molar-refractivity contribution in [2.45, 2.75) is 6.54 Å². The summed E-state index contributed by atoms with van der Waals surface area (Å²) in [4.78, 5) is 16.0. The van der Waals surface area contributed by atoms with Crippen LogP contribution < -0.4 is 22.5 Å². The summed E-state index contributed by atoms with van der Waals surface area (Å²) in [5.41, 5.74) is 18.6. The zero-order valence-electron chi connectivity index (χ0n) is 11.3. The first-order valence-electron chi connectivity index (χ1n) is 6.20. The van der Waals surface area contributed by atoms with Gasteiger partial charge >= 0.3 is 0 Å². The van der Waals surface area contributed by atoms with E-state index in [4.69, 9.17) is 22.6 Å². The van der Waals surface area contributed by atoms with E-state index in [-0.39, 0.29) is 11.7 Å². The molecule has 0 atom stereocenters. The van der Waals surface area contributed by atoms with Gasteiger partial charge in [0.05, 0.1) is 0 Å². The number of carbonyl (C=O) groups is 1. The fourth-order valence-corrected chi connectivity index (χ4v) is 1.82. The Kier molecular flexibility index (Phi) is 4.03. The van der Waals surface area contributed by atoms with Gasteiger partial charge in [-0.05, 0) is 35.9 Å². The minimum Gasteiger partial charge on any atom is -0.398 e. The van der Waals surface area contributed by atoms with Crippen LogP contribution in [0.3, 0.4) is 0 Å². The maximum Gasteiger partial charge on any atom is 0.251 e. The number of rotatable bonds is 4. The number of nitrogens with one attached hydrogen (secondary N) is 2. The van der Waals surface area contributed by atoms with Crippen molar-refractivity contribution in [3.63, 3.8) is 0 Å². The quantitative estimate of drug-likeness (QED) is 0.315. The Balaban J connectivity index is 2.10. The number of amides is 1. The maximum atomic E-state index is 12.1. The summed E-state index contributed by atoms with van der Waals surface area (Å²) in [7, 11) is 0. The third-order valence-electron chi connectivity index (χ3n) is 2.90. The number of nitrogens with zero attached hydrogens (tertiary/aromatic N) is 1. The van der Waals surface area contributed by atoms with Crippen molar-refractivity contribution >= 4 is 23.2 Å². The van der Waals surface area contributed by atoms with Gasteiger partial charge < -0.3 is 22.5 Å². The molecule has 0 unspecified atom stereocenters. The molecule has 0 fully saturated rings. The van der Waals surface area contributed by atoms with Gasteiger partial charge in [-0.1, -0.05) is 0 Å². The third kappa shape index (κ3) is 3.47. The summed E-state index contributed by atoms with van der Waals surface area (Å²) >= 11 is 0. The third-order valence-corrected chi connectivity index (χ3v) is 2.90. The molecule has 0 saturated heterocycles. The maximum absolute atomic E-state index is 12.1. The van der Waals surface area contributed by atoms with Gasteiger partial charge in [-0.25, -0.2) is 4.98 Å². The van der Waals surface area contributed by atoms with Crippen LogP contribution in [0.2, 0.25) is 0 Å². The Hall–Kier alpha value is -3.09. The van der Waals surface area contributed by atoms with Crippen molar-refractivity contribution in [2.24, 2.45) is 5.73 Å². The van der Waals surface area contributed by atoms with E-state index in [1.807, 2.05) is 0 Å². The summed E-state index contributed by atoms with van der Waals surface area (Å²) in [5.74, 6) is -0.0648. The molecule has 7 nitrogen and oxygen atoms in total. The minimum absolute atomic E-state index is 0.177. The topological polar surface area (TPSA) is 144 Å². The Morgan fingerprint density at radius 3 is 2.67 bits per heavy atom. The molecule has 0 aliphatic heterocycles. The van der Waals surface area contributed by atoms with E-state index >= 15 is 0 Å². The van der Waals surface area contributed by atoms with E-state index in [9.17, 15) is 4.79 Å². The zero-order chi connectivity index (χ0) is 15.4. The predicted molar refractivity (Wildman–Crippen MR) is 81.7 cm³/mol. The number of benzene rings is 1. The average Bonchev–Trinajstić information content (AvgIpc) is 2.45. The summed E-state index contributed by atoms with van der Waals surface area (Å²) in [6.45, 7) is 0.325. The first kappa shape index (κ1) is 14.3. The van der Waals surface area contributed by atoms with Crippen molar-refractivity contribution in [2.75, 3.05) is 11.5 Å². The van der Waals surface area contributed by atoms with Crippen LogP contribution in [0.1, 0.15) is 21.5 Å². The highest BCUT2D eigenvalue weighted by molar-refractivity contribution is 6.03. The molecule has 2 rings (SSSR count). The molecule has 108 valence electrons. The second kappa shape index (κ2) is 5.91. The second-order valence-corrected chi connectivity index (χ2v) is 4.49. The normalized spacial score (nSPS) is 10.1. The fourth-order valence-electron chi connectivity index (χ4n) is 1.82. The number of nitrogen functional groups attached to an aromatic ring is 3. The van der Waals surface area contributed by atoms with Gasteiger partial charge in [0.15, 0.2) is 0 Å². The molecule has 0 spiro atoms. The van der Waals surface area contributed by atoms with Crippen LogP contribution in [-0.4, -0.2) is 16.7 Å². The van der Waals surface area contributed by atoms with Gasteiger partial charge in [0.2, 0.25) is 0 Å².